The molecule has 0 radical (unpaired) electrons. The lowest BCUT2D eigenvalue weighted by atomic mass is 9.84. The standard InChI is InChI=1S/C24H27FN6O.2C2HF3O2/c1-3-26-23-12-19-21(14-27-23)31(17-13-28-30(2)15-17)29-24(19)16-8-10-18(11-9-16)32-22-7-5-4-6-20(22)25;2*3-2(4,5)1(6)7/h4-7,12-16,18H,3,8-11H2,1-2H3,(H,26,27);2*(H,6,7). The Balaban J connectivity index is 0.000000345. The molecule has 250 valence electrons. The summed E-state index contributed by atoms with van der Waals surface area (Å²) in [5.41, 5.74) is 2.97. The highest BCUT2D eigenvalue weighted by atomic mass is 19.4. The average Bonchev–Trinajstić information content (AvgIpc) is 3.58. The van der Waals surface area contributed by atoms with Crippen LogP contribution in [-0.4, -0.2) is 71.7 Å². The molecule has 0 bridgehead atoms. The maximum Gasteiger partial charge on any atom is 0.490 e. The number of anilines is 1. The van der Waals surface area contributed by atoms with Crippen LogP contribution in [-0.2, 0) is 16.6 Å². The number of nitrogens with one attached hydrogen (secondary N) is 1. The number of nitrogens with zero attached hydrogens (tertiary/aromatic N) is 5. The molecule has 1 saturated carbocycles. The first kappa shape index (κ1) is 35.6. The van der Waals surface area contributed by atoms with Crippen LogP contribution in [0.15, 0.2) is 48.9 Å². The van der Waals surface area contributed by atoms with Crippen LogP contribution in [0.5, 0.6) is 5.75 Å². The molecule has 0 saturated heterocycles. The van der Waals surface area contributed by atoms with E-state index < -0.39 is 24.3 Å². The maximum atomic E-state index is 14.0. The number of hydrogen-bond acceptors (Lipinski definition) is 7. The van der Waals surface area contributed by atoms with Gasteiger partial charge in [0, 0.05) is 24.9 Å². The molecule has 46 heavy (non-hydrogen) atoms. The highest BCUT2D eigenvalue weighted by Gasteiger charge is 2.39. The fourth-order valence-corrected chi connectivity index (χ4v) is 4.51. The van der Waals surface area contributed by atoms with Gasteiger partial charge in [0.25, 0.3) is 0 Å². The molecule has 11 nitrogen and oxygen atoms in total. The average molecular weight is 663 g/mol. The van der Waals surface area contributed by atoms with E-state index in [9.17, 15) is 30.7 Å². The van der Waals surface area contributed by atoms with Gasteiger partial charge in [0.15, 0.2) is 11.6 Å². The predicted octanol–water partition coefficient (Wildman–Crippen LogP) is 6.10. The topological polar surface area (TPSA) is 144 Å². The predicted molar refractivity (Wildman–Crippen MR) is 149 cm³/mol. The van der Waals surface area contributed by atoms with E-state index in [4.69, 9.17) is 29.6 Å². The largest absolute Gasteiger partial charge is 0.490 e. The van der Waals surface area contributed by atoms with E-state index in [1.807, 2.05) is 30.3 Å². The third-order valence-corrected chi connectivity index (χ3v) is 6.56. The number of aliphatic carboxylic acids is 2. The Labute approximate surface area is 256 Å². The Bertz CT molecular complexity index is 1600. The number of fused-ring (bicyclic) bond motifs is 1. The van der Waals surface area contributed by atoms with Crippen LogP contribution in [0, 0.1) is 5.82 Å². The van der Waals surface area contributed by atoms with Crippen molar-refractivity contribution in [1.29, 1.82) is 0 Å². The van der Waals surface area contributed by atoms with Gasteiger partial charge in [0.05, 0.1) is 35.9 Å². The van der Waals surface area contributed by atoms with Crippen molar-refractivity contribution < 1.29 is 55.3 Å². The van der Waals surface area contributed by atoms with Crippen LogP contribution in [0.3, 0.4) is 0 Å². The zero-order valence-corrected chi connectivity index (χ0v) is 24.3. The summed E-state index contributed by atoms with van der Waals surface area (Å²) in [4.78, 5) is 22.4. The molecule has 1 aliphatic rings. The monoisotopic (exact) mass is 662 g/mol. The minimum absolute atomic E-state index is 0.0220. The Hall–Kier alpha value is -4.90. The van der Waals surface area contributed by atoms with E-state index in [1.165, 1.54) is 6.07 Å². The van der Waals surface area contributed by atoms with Gasteiger partial charge >= 0.3 is 24.3 Å². The maximum absolute atomic E-state index is 14.0. The number of hydrogen-bond donors (Lipinski definition) is 3. The molecule has 5 rings (SSSR count). The van der Waals surface area contributed by atoms with Crippen molar-refractivity contribution in [1.82, 2.24) is 24.5 Å². The number of benzene rings is 1. The fraction of sp³-hybridized carbons (Fsp3) is 0.393. The molecule has 0 unspecified atom stereocenters. The molecule has 0 atom stereocenters. The number of para-hydroxylation sites is 1. The third-order valence-electron chi connectivity index (χ3n) is 6.56. The van der Waals surface area contributed by atoms with Crippen LogP contribution >= 0.6 is 0 Å². The summed E-state index contributed by atoms with van der Waals surface area (Å²) in [6.07, 6.45) is -0.885. The Morgan fingerprint density at radius 1 is 1.00 bits per heavy atom. The Morgan fingerprint density at radius 3 is 2.09 bits per heavy atom. The summed E-state index contributed by atoms with van der Waals surface area (Å²) in [5, 5.41) is 28.0. The number of halogens is 7. The minimum atomic E-state index is -5.08. The zero-order chi connectivity index (χ0) is 34.2. The number of pyridine rings is 1. The lowest BCUT2D eigenvalue weighted by molar-refractivity contribution is -0.193. The molecule has 1 fully saturated rings. The smallest absolute Gasteiger partial charge is 0.487 e. The number of aryl methyl sites for hydroxylation is 1. The van der Waals surface area contributed by atoms with Crippen molar-refractivity contribution >= 4 is 28.7 Å². The number of carbonyl (C=O) groups is 2. The lowest BCUT2D eigenvalue weighted by Gasteiger charge is -2.28. The minimum Gasteiger partial charge on any atom is -0.487 e. The Kier molecular flexibility index (Phi) is 11.5. The van der Waals surface area contributed by atoms with Gasteiger partial charge in [-0.3, -0.25) is 4.68 Å². The van der Waals surface area contributed by atoms with E-state index in [0.29, 0.717) is 11.7 Å². The number of alkyl halides is 6. The number of carboxylic acids is 2. The molecule has 3 N–H and O–H groups in total. The lowest BCUT2D eigenvalue weighted by Crippen LogP contribution is -2.24. The van der Waals surface area contributed by atoms with Crippen molar-refractivity contribution in [2.45, 2.75) is 57.0 Å². The highest BCUT2D eigenvalue weighted by molar-refractivity contribution is 5.85. The van der Waals surface area contributed by atoms with Gasteiger partial charge in [0.2, 0.25) is 0 Å². The molecule has 0 spiro atoms. The first-order valence-corrected chi connectivity index (χ1v) is 13.6. The second kappa shape index (κ2) is 14.9. The first-order valence-electron chi connectivity index (χ1n) is 13.6. The number of ether oxygens (including phenoxy) is 1. The molecular formula is C28H29F7N6O5. The molecular weight excluding hydrogens is 633 g/mol. The van der Waals surface area contributed by atoms with Gasteiger partial charge in [-0.2, -0.15) is 36.5 Å². The molecule has 18 heteroatoms. The molecule has 0 aliphatic heterocycles. The molecule has 3 heterocycles. The van der Waals surface area contributed by atoms with Gasteiger partial charge in [-0.25, -0.2) is 23.6 Å². The summed E-state index contributed by atoms with van der Waals surface area (Å²) in [6, 6.07) is 8.71. The van der Waals surface area contributed by atoms with E-state index in [1.54, 1.807) is 22.9 Å². The van der Waals surface area contributed by atoms with Gasteiger partial charge in [-0.1, -0.05) is 12.1 Å². The number of carboxylic acid groups (broad SMARTS) is 2. The van der Waals surface area contributed by atoms with Gasteiger partial charge in [-0.05, 0) is 50.8 Å². The SMILES string of the molecule is CCNc1cc2c(C3CCC(Oc4ccccc4F)CC3)nn(-c3cnn(C)c3)c2cn1.O=C(O)C(F)(F)F.O=C(O)C(F)(F)F. The number of aromatic nitrogens is 5. The second-order valence-corrected chi connectivity index (χ2v) is 9.91. The highest BCUT2D eigenvalue weighted by Crippen LogP contribution is 2.38. The van der Waals surface area contributed by atoms with Crippen LogP contribution in [0.1, 0.15) is 44.2 Å². The quantitative estimate of drug-likeness (QED) is 0.209. The molecule has 0 amide bonds. The second-order valence-electron chi connectivity index (χ2n) is 9.91. The third kappa shape index (κ3) is 9.55. The Morgan fingerprint density at radius 2 is 1.59 bits per heavy atom. The van der Waals surface area contributed by atoms with Crippen LogP contribution < -0.4 is 10.1 Å². The van der Waals surface area contributed by atoms with Crippen LogP contribution in [0.4, 0.5) is 36.6 Å². The van der Waals surface area contributed by atoms with E-state index in [0.717, 1.165) is 60.3 Å². The van der Waals surface area contributed by atoms with Crippen LogP contribution in [0.25, 0.3) is 16.6 Å². The van der Waals surface area contributed by atoms with E-state index in [-0.39, 0.29) is 11.9 Å². The van der Waals surface area contributed by atoms with Gasteiger partial charge in [0.1, 0.15) is 11.5 Å². The van der Waals surface area contributed by atoms with Gasteiger partial charge in [-0.15, -0.1) is 0 Å². The van der Waals surface area contributed by atoms with E-state index in [2.05, 4.69) is 28.4 Å². The first-order chi connectivity index (χ1) is 21.5. The van der Waals surface area contributed by atoms with Crippen molar-refractivity contribution in [3.8, 4) is 11.4 Å². The summed E-state index contributed by atoms with van der Waals surface area (Å²) in [7, 11) is 1.90. The molecule has 1 aliphatic carbocycles. The summed E-state index contributed by atoms with van der Waals surface area (Å²) < 4.78 is 87.1. The summed E-state index contributed by atoms with van der Waals surface area (Å²) >= 11 is 0. The van der Waals surface area contributed by atoms with Crippen molar-refractivity contribution in [3.63, 3.8) is 0 Å². The van der Waals surface area contributed by atoms with E-state index >= 15 is 0 Å². The summed E-state index contributed by atoms with van der Waals surface area (Å²) in [5.74, 6) is -4.32. The molecule has 4 aromatic rings. The van der Waals surface area contributed by atoms with Crippen LogP contribution in [0.2, 0.25) is 0 Å². The summed E-state index contributed by atoms with van der Waals surface area (Å²) in [6.45, 7) is 2.87. The molecule has 3 aromatic heterocycles. The van der Waals surface area contributed by atoms with Crippen molar-refractivity contribution in [2.24, 2.45) is 7.05 Å². The van der Waals surface area contributed by atoms with Crippen molar-refractivity contribution in [3.05, 3.63) is 60.4 Å². The van der Waals surface area contributed by atoms with Crippen molar-refractivity contribution in [2.75, 3.05) is 11.9 Å². The normalized spacial score (nSPS) is 16.5. The van der Waals surface area contributed by atoms with Gasteiger partial charge < -0.3 is 20.3 Å². The number of rotatable bonds is 6. The molecule has 1 aromatic carbocycles. The fourth-order valence-electron chi connectivity index (χ4n) is 4.51. The zero-order valence-electron chi connectivity index (χ0n) is 24.3.